The molecule has 100 valence electrons. The van der Waals surface area contributed by atoms with Gasteiger partial charge in [-0.2, -0.15) is 0 Å². The largest absolute Gasteiger partial charge is 0.456 e. The molecule has 3 aromatic rings. The molecule has 0 saturated carbocycles. The van der Waals surface area contributed by atoms with Gasteiger partial charge in [-0.1, -0.05) is 38.3 Å². The molecular weight excluding hydrogens is 246 g/mol. The van der Waals surface area contributed by atoms with Gasteiger partial charge in [0.05, 0.1) is 0 Å². The van der Waals surface area contributed by atoms with Crippen molar-refractivity contribution in [3.8, 4) is 0 Å². The Morgan fingerprint density at radius 3 is 2.75 bits per heavy atom. The molecule has 0 amide bonds. The monoisotopic (exact) mass is 263 g/mol. The second-order valence-corrected chi connectivity index (χ2v) is 4.81. The fourth-order valence-corrected chi connectivity index (χ4v) is 2.45. The van der Waals surface area contributed by atoms with E-state index in [0.29, 0.717) is 0 Å². The minimum Gasteiger partial charge on any atom is -0.456 e. The van der Waals surface area contributed by atoms with Crippen LogP contribution in [0.25, 0.3) is 21.9 Å². The maximum atomic E-state index is 5.91. The second-order valence-electron chi connectivity index (χ2n) is 4.81. The van der Waals surface area contributed by atoms with Gasteiger partial charge < -0.3 is 9.73 Å². The lowest BCUT2D eigenvalue weighted by atomic mass is 10.1. The van der Waals surface area contributed by atoms with Crippen LogP contribution in [0.4, 0.5) is 5.69 Å². The third kappa shape index (κ3) is 1.99. The van der Waals surface area contributed by atoms with Gasteiger partial charge in [0, 0.05) is 28.2 Å². The zero-order valence-electron chi connectivity index (χ0n) is 11.6. The van der Waals surface area contributed by atoms with E-state index < -0.39 is 0 Å². The Bertz CT molecular complexity index is 811. The van der Waals surface area contributed by atoms with E-state index in [1.807, 2.05) is 24.3 Å². The minimum absolute atomic E-state index is 0.787. The van der Waals surface area contributed by atoms with E-state index in [0.717, 1.165) is 39.7 Å². The molecule has 0 aliphatic heterocycles. The molecule has 2 heteroatoms. The lowest BCUT2D eigenvalue weighted by Gasteiger charge is -2.10. The summed E-state index contributed by atoms with van der Waals surface area (Å²) in [7, 11) is 0. The Morgan fingerprint density at radius 2 is 2.00 bits per heavy atom. The molecule has 1 N–H and O–H groups in total. The van der Waals surface area contributed by atoms with Gasteiger partial charge in [-0.25, -0.2) is 0 Å². The van der Waals surface area contributed by atoms with E-state index in [9.17, 15) is 0 Å². The van der Waals surface area contributed by atoms with E-state index in [-0.39, 0.29) is 0 Å². The van der Waals surface area contributed by atoms with Crippen LogP contribution in [0.3, 0.4) is 0 Å². The average molecular weight is 263 g/mol. The van der Waals surface area contributed by atoms with Crippen molar-refractivity contribution >= 4 is 27.6 Å². The predicted molar refractivity (Wildman–Crippen MR) is 86.1 cm³/mol. The lowest BCUT2D eigenvalue weighted by Crippen LogP contribution is -1.98. The van der Waals surface area contributed by atoms with Crippen LogP contribution in [-0.4, -0.2) is 0 Å². The normalized spacial score (nSPS) is 10.8. The van der Waals surface area contributed by atoms with Gasteiger partial charge in [0.1, 0.15) is 11.2 Å². The summed E-state index contributed by atoms with van der Waals surface area (Å²) in [6.45, 7) is 9.77. The van der Waals surface area contributed by atoms with Crippen LogP contribution in [0, 0.1) is 0 Å². The van der Waals surface area contributed by atoms with Gasteiger partial charge in [0.2, 0.25) is 0 Å². The van der Waals surface area contributed by atoms with E-state index in [1.54, 1.807) is 6.08 Å². The van der Waals surface area contributed by atoms with Crippen molar-refractivity contribution in [2.75, 3.05) is 5.32 Å². The van der Waals surface area contributed by atoms with Crippen molar-refractivity contribution in [2.24, 2.45) is 0 Å². The first-order valence-corrected chi connectivity index (χ1v) is 6.75. The molecule has 3 rings (SSSR count). The van der Waals surface area contributed by atoms with Crippen LogP contribution in [-0.2, 0) is 6.42 Å². The van der Waals surface area contributed by atoms with E-state index in [2.05, 4.69) is 37.5 Å². The highest BCUT2D eigenvalue weighted by molar-refractivity contribution is 6.06. The molecule has 0 radical (unpaired) electrons. The third-order valence-corrected chi connectivity index (χ3v) is 3.53. The van der Waals surface area contributed by atoms with Crippen LogP contribution in [0.5, 0.6) is 0 Å². The number of allylic oxidation sites excluding steroid dienone is 1. The summed E-state index contributed by atoms with van der Waals surface area (Å²) < 4.78 is 5.91. The Hall–Kier alpha value is -2.48. The minimum atomic E-state index is 0.787. The van der Waals surface area contributed by atoms with Gasteiger partial charge in [-0.3, -0.25) is 0 Å². The Labute approximate surface area is 118 Å². The molecular formula is C18H17NO. The number of rotatable bonds is 4. The number of hydrogen-bond donors (Lipinski definition) is 1. The second kappa shape index (κ2) is 4.89. The Balaban J connectivity index is 2.24. The number of hydrogen-bond acceptors (Lipinski definition) is 2. The lowest BCUT2D eigenvalue weighted by molar-refractivity contribution is 0.669. The Morgan fingerprint density at radius 1 is 1.20 bits per heavy atom. The molecule has 0 atom stereocenters. The summed E-state index contributed by atoms with van der Waals surface area (Å²) in [6.07, 6.45) is 2.66. The fourth-order valence-electron chi connectivity index (χ4n) is 2.45. The molecule has 2 nitrogen and oxygen atoms in total. The summed E-state index contributed by atoms with van der Waals surface area (Å²) in [4.78, 5) is 0. The zero-order valence-corrected chi connectivity index (χ0v) is 11.6. The number of fused-ring (bicyclic) bond motifs is 3. The smallest absolute Gasteiger partial charge is 0.137 e. The standard InChI is InChI=1S/C18H17NO/c1-4-12(3)19-16-11-18-15(10-13(16)5-2)14-8-6-7-9-17(14)20-18/h4,6-11,19H,1,3,5H2,2H3. The number of nitrogens with one attached hydrogen (secondary N) is 1. The maximum absolute atomic E-state index is 5.91. The molecule has 0 spiro atoms. The van der Waals surface area contributed by atoms with Crippen LogP contribution in [0.1, 0.15) is 12.5 Å². The van der Waals surface area contributed by atoms with Gasteiger partial charge in [0.25, 0.3) is 0 Å². The number of furan rings is 1. The molecule has 0 aliphatic carbocycles. The topological polar surface area (TPSA) is 25.2 Å². The van der Waals surface area contributed by atoms with Crippen molar-refractivity contribution in [3.63, 3.8) is 0 Å². The predicted octanol–water partition coefficient (Wildman–Crippen LogP) is 5.26. The summed E-state index contributed by atoms with van der Waals surface area (Å²) in [5, 5.41) is 5.59. The Kier molecular flexibility index (Phi) is 3.07. The molecule has 0 fully saturated rings. The van der Waals surface area contributed by atoms with Crippen LogP contribution < -0.4 is 5.32 Å². The first kappa shape index (κ1) is 12.5. The van der Waals surface area contributed by atoms with E-state index >= 15 is 0 Å². The first-order chi connectivity index (χ1) is 9.72. The summed E-state index contributed by atoms with van der Waals surface area (Å²) in [6, 6.07) is 12.4. The molecule has 0 saturated heterocycles. The van der Waals surface area contributed by atoms with Gasteiger partial charge in [0.15, 0.2) is 0 Å². The van der Waals surface area contributed by atoms with E-state index in [4.69, 9.17) is 4.42 Å². The quantitative estimate of drug-likeness (QED) is 0.649. The molecule has 1 heterocycles. The van der Waals surface area contributed by atoms with Crippen LogP contribution in [0.2, 0.25) is 0 Å². The molecule has 20 heavy (non-hydrogen) atoms. The third-order valence-electron chi connectivity index (χ3n) is 3.53. The molecule has 0 bridgehead atoms. The van der Waals surface area contributed by atoms with Crippen molar-refractivity contribution in [1.82, 2.24) is 0 Å². The summed E-state index contributed by atoms with van der Waals surface area (Å²) in [5.74, 6) is 0. The number of anilines is 1. The number of aryl methyl sites for hydroxylation is 1. The fraction of sp³-hybridized carbons (Fsp3) is 0.111. The van der Waals surface area contributed by atoms with Crippen molar-refractivity contribution in [1.29, 1.82) is 0 Å². The van der Waals surface area contributed by atoms with Gasteiger partial charge in [-0.05, 0) is 30.2 Å². The van der Waals surface area contributed by atoms with Crippen molar-refractivity contribution in [3.05, 3.63) is 66.9 Å². The summed E-state index contributed by atoms with van der Waals surface area (Å²) >= 11 is 0. The van der Waals surface area contributed by atoms with Gasteiger partial charge >= 0.3 is 0 Å². The average Bonchev–Trinajstić information content (AvgIpc) is 2.83. The van der Waals surface area contributed by atoms with Crippen molar-refractivity contribution < 1.29 is 4.42 Å². The first-order valence-electron chi connectivity index (χ1n) is 6.75. The molecule has 1 aromatic heterocycles. The van der Waals surface area contributed by atoms with Crippen LogP contribution in [0.15, 0.2) is 65.7 Å². The molecule has 0 unspecified atom stereocenters. The molecule has 2 aromatic carbocycles. The van der Waals surface area contributed by atoms with Crippen molar-refractivity contribution in [2.45, 2.75) is 13.3 Å². The highest BCUT2D eigenvalue weighted by Crippen LogP contribution is 2.33. The highest BCUT2D eigenvalue weighted by atomic mass is 16.3. The van der Waals surface area contributed by atoms with Gasteiger partial charge in [-0.15, -0.1) is 0 Å². The van der Waals surface area contributed by atoms with E-state index in [1.165, 1.54) is 5.56 Å². The maximum Gasteiger partial charge on any atom is 0.137 e. The van der Waals surface area contributed by atoms with Crippen LogP contribution >= 0.6 is 0 Å². The number of para-hydroxylation sites is 1. The zero-order chi connectivity index (χ0) is 14.1. The molecule has 0 aliphatic rings. The number of benzene rings is 2. The SMILES string of the molecule is C=CC(=C)Nc1cc2oc3ccccc3c2cc1CC. The summed E-state index contributed by atoms with van der Waals surface area (Å²) in [5.41, 5.74) is 4.87. The highest BCUT2D eigenvalue weighted by Gasteiger charge is 2.10.